The van der Waals surface area contributed by atoms with Crippen molar-refractivity contribution in [2.24, 2.45) is 0 Å². The molecule has 2 aromatic carbocycles. The summed E-state index contributed by atoms with van der Waals surface area (Å²) in [4.78, 5) is 59.3. The standard InChI is InChI=1S/C26H23N3O5S/c30-23(13-6-14-26(33)34-29-24(31)15-16-25(29)32)28(17-7-10-19-8-2-1-3-9-19)18-22-27-20-11-4-5-12-21(20)35-22/h1-5,8-9,11-12H,6,13-18H2. The fourth-order valence-electron chi connectivity index (χ4n) is 3.49. The number of imide groups is 1. The molecule has 178 valence electrons. The number of amides is 3. The summed E-state index contributed by atoms with van der Waals surface area (Å²) in [6.07, 6.45) is 0.295. The van der Waals surface area contributed by atoms with Crippen molar-refractivity contribution >= 4 is 45.2 Å². The Morgan fingerprint density at radius 1 is 1.00 bits per heavy atom. The molecular weight excluding hydrogens is 466 g/mol. The third-order valence-electron chi connectivity index (χ3n) is 5.26. The highest BCUT2D eigenvalue weighted by molar-refractivity contribution is 7.18. The van der Waals surface area contributed by atoms with Gasteiger partial charge in [0.25, 0.3) is 11.8 Å². The van der Waals surface area contributed by atoms with E-state index >= 15 is 0 Å². The second-order valence-corrected chi connectivity index (χ2v) is 9.01. The molecule has 2 heterocycles. The van der Waals surface area contributed by atoms with Crippen LogP contribution in [0.4, 0.5) is 0 Å². The lowest BCUT2D eigenvalue weighted by molar-refractivity contribution is -0.197. The van der Waals surface area contributed by atoms with Gasteiger partial charge >= 0.3 is 5.97 Å². The number of hydrogen-bond donors (Lipinski definition) is 0. The van der Waals surface area contributed by atoms with Gasteiger partial charge in [0, 0.05) is 31.2 Å². The van der Waals surface area contributed by atoms with Gasteiger partial charge in [0.05, 0.1) is 23.3 Å². The van der Waals surface area contributed by atoms with Gasteiger partial charge in [0.1, 0.15) is 5.01 Å². The normalized spacial score (nSPS) is 13.0. The Bertz CT molecular complexity index is 1260. The molecule has 0 unspecified atom stereocenters. The molecule has 9 heteroatoms. The number of nitrogens with zero attached hydrogens (tertiary/aromatic N) is 3. The second kappa shape index (κ2) is 11.4. The molecule has 0 atom stereocenters. The highest BCUT2D eigenvalue weighted by Crippen LogP contribution is 2.23. The van der Waals surface area contributed by atoms with E-state index in [9.17, 15) is 19.2 Å². The van der Waals surface area contributed by atoms with Crippen LogP contribution in [0.5, 0.6) is 0 Å². The van der Waals surface area contributed by atoms with Gasteiger partial charge in [-0.15, -0.1) is 16.4 Å². The Kier molecular flexibility index (Phi) is 7.85. The Morgan fingerprint density at radius 3 is 2.46 bits per heavy atom. The molecule has 35 heavy (non-hydrogen) atoms. The van der Waals surface area contributed by atoms with E-state index in [1.807, 2.05) is 54.6 Å². The van der Waals surface area contributed by atoms with Crippen LogP contribution in [0.15, 0.2) is 54.6 Å². The lowest BCUT2D eigenvalue weighted by Gasteiger charge is -2.19. The summed E-state index contributed by atoms with van der Waals surface area (Å²) in [5.41, 5.74) is 1.73. The molecule has 3 amide bonds. The maximum absolute atomic E-state index is 13.0. The molecular formula is C26H23N3O5S. The molecule has 0 radical (unpaired) electrons. The van der Waals surface area contributed by atoms with Gasteiger partial charge < -0.3 is 9.74 Å². The van der Waals surface area contributed by atoms with E-state index in [-0.39, 0.29) is 44.6 Å². The van der Waals surface area contributed by atoms with Crippen molar-refractivity contribution in [2.45, 2.75) is 38.6 Å². The van der Waals surface area contributed by atoms with Crippen molar-refractivity contribution in [1.82, 2.24) is 14.9 Å². The summed E-state index contributed by atoms with van der Waals surface area (Å²) in [5, 5.41) is 1.31. The quantitative estimate of drug-likeness (QED) is 0.355. The molecule has 8 nitrogen and oxygen atoms in total. The van der Waals surface area contributed by atoms with Crippen molar-refractivity contribution in [2.75, 3.05) is 6.54 Å². The average molecular weight is 490 g/mol. The van der Waals surface area contributed by atoms with Gasteiger partial charge in [0.15, 0.2) is 0 Å². The Hall–Kier alpha value is -4.03. The Balaban J connectivity index is 1.37. The maximum atomic E-state index is 13.0. The molecule has 0 saturated carbocycles. The third-order valence-corrected chi connectivity index (χ3v) is 6.28. The van der Waals surface area contributed by atoms with E-state index in [4.69, 9.17) is 4.84 Å². The van der Waals surface area contributed by atoms with Crippen molar-refractivity contribution in [3.63, 3.8) is 0 Å². The first-order chi connectivity index (χ1) is 17.0. The fourth-order valence-corrected chi connectivity index (χ4v) is 4.47. The maximum Gasteiger partial charge on any atom is 0.333 e. The van der Waals surface area contributed by atoms with Gasteiger partial charge in [-0.3, -0.25) is 14.4 Å². The summed E-state index contributed by atoms with van der Waals surface area (Å²) in [7, 11) is 0. The highest BCUT2D eigenvalue weighted by Gasteiger charge is 2.32. The van der Waals surface area contributed by atoms with Crippen molar-refractivity contribution in [3.05, 3.63) is 65.2 Å². The van der Waals surface area contributed by atoms with Crippen LogP contribution in [0.25, 0.3) is 10.2 Å². The van der Waals surface area contributed by atoms with Crippen LogP contribution < -0.4 is 0 Å². The van der Waals surface area contributed by atoms with Crippen LogP contribution in [-0.4, -0.2) is 45.2 Å². The van der Waals surface area contributed by atoms with Crippen LogP contribution >= 0.6 is 11.3 Å². The van der Waals surface area contributed by atoms with E-state index in [1.54, 1.807) is 4.90 Å². The Labute approximate surface area is 206 Å². The molecule has 1 aliphatic rings. The monoisotopic (exact) mass is 489 g/mol. The zero-order valence-corrected chi connectivity index (χ0v) is 19.8. The molecule has 0 bridgehead atoms. The van der Waals surface area contributed by atoms with Gasteiger partial charge in [0.2, 0.25) is 5.91 Å². The molecule has 1 saturated heterocycles. The first-order valence-corrected chi connectivity index (χ1v) is 12.0. The number of hydroxylamine groups is 2. The van der Waals surface area contributed by atoms with Crippen LogP contribution in [-0.2, 0) is 30.6 Å². The molecule has 4 rings (SSSR count). The van der Waals surface area contributed by atoms with Gasteiger partial charge in [-0.25, -0.2) is 9.78 Å². The van der Waals surface area contributed by atoms with Crippen molar-refractivity contribution < 1.29 is 24.0 Å². The minimum Gasteiger partial charge on any atom is -0.330 e. The number of fused-ring (bicyclic) bond motifs is 1. The van der Waals surface area contributed by atoms with Gasteiger partial charge in [-0.05, 0) is 30.7 Å². The summed E-state index contributed by atoms with van der Waals surface area (Å²) in [5.74, 6) is 4.16. The second-order valence-electron chi connectivity index (χ2n) is 7.89. The lowest BCUT2D eigenvalue weighted by atomic mass is 10.2. The van der Waals surface area contributed by atoms with E-state index in [0.717, 1.165) is 20.8 Å². The molecule has 3 aromatic rings. The van der Waals surface area contributed by atoms with E-state index in [1.165, 1.54) is 11.3 Å². The number of para-hydroxylation sites is 1. The van der Waals surface area contributed by atoms with Crippen molar-refractivity contribution in [3.8, 4) is 11.8 Å². The molecule has 0 spiro atoms. The number of carbonyl (C=O) groups is 4. The summed E-state index contributed by atoms with van der Waals surface area (Å²) >= 11 is 1.52. The molecule has 1 fully saturated rings. The number of aromatic nitrogens is 1. The molecule has 1 aliphatic heterocycles. The largest absolute Gasteiger partial charge is 0.333 e. The van der Waals surface area contributed by atoms with Crippen molar-refractivity contribution in [1.29, 1.82) is 0 Å². The summed E-state index contributed by atoms with van der Waals surface area (Å²) in [6, 6.07) is 17.3. The Morgan fingerprint density at radius 2 is 1.71 bits per heavy atom. The molecule has 0 aliphatic carbocycles. The fraction of sp³-hybridized carbons (Fsp3) is 0.269. The van der Waals surface area contributed by atoms with E-state index in [2.05, 4.69) is 16.8 Å². The predicted molar refractivity (Wildman–Crippen MR) is 129 cm³/mol. The topological polar surface area (TPSA) is 96.9 Å². The number of hydrogen-bond acceptors (Lipinski definition) is 7. The van der Waals surface area contributed by atoms with E-state index in [0.29, 0.717) is 11.6 Å². The van der Waals surface area contributed by atoms with Crippen LogP contribution in [0, 0.1) is 11.8 Å². The number of carbonyl (C=O) groups excluding carboxylic acids is 4. The minimum absolute atomic E-state index is 0.0370. The average Bonchev–Trinajstić information content (AvgIpc) is 3.41. The first kappa shape index (κ1) is 24.1. The minimum atomic E-state index is -0.719. The van der Waals surface area contributed by atoms with Crippen LogP contribution in [0.2, 0.25) is 0 Å². The summed E-state index contributed by atoms with van der Waals surface area (Å²) < 4.78 is 1.04. The zero-order chi connectivity index (χ0) is 24.6. The molecule has 0 N–H and O–H groups in total. The highest BCUT2D eigenvalue weighted by atomic mass is 32.1. The van der Waals surface area contributed by atoms with Crippen LogP contribution in [0.3, 0.4) is 0 Å². The first-order valence-electron chi connectivity index (χ1n) is 11.2. The lowest BCUT2D eigenvalue weighted by Crippen LogP contribution is -2.32. The SMILES string of the molecule is O=C(CCCC(=O)N(CC#Cc1ccccc1)Cc1nc2ccccc2s1)ON1C(=O)CCC1=O. The number of rotatable bonds is 8. The van der Waals surface area contributed by atoms with E-state index < -0.39 is 17.8 Å². The number of thiazole rings is 1. The smallest absolute Gasteiger partial charge is 0.330 e. The summed E-state index contributed by atoms with van der Waals surface area (Å²) in [6.45, 7) is 0.522. The third kappa shape index (κ3) is 6.52. The number of benzene rings is 2. The van der Waals surface area contributed by atoms with Crippen LogP contribution in [0.1, 0.15) is 42.7 Å². The van der Waals surface area contributed by atoms with Gasteiger partial charge in [-0.1, -0.05) is 42.2 Å². The predicted octanol–water partition coefficient (Wildman–Crippen LogP) is 3.45. The molecule has 1 aromatic heterocycles. The zero-order valence-electron chi connectivity index (χ0n) is 18.9. The van der Waals surface area contributed by atoms with Gasteiger partial charge in [-0.2, -0.15) is 0 Å².